The number of hydrogen-bond donors (Lipinski definition) is 1. The molecule has 1 aromatic rings. The highest BCUT2D eigenvalue weighted by atomic mass is 79.9. The lowest BCUT2D eigenvalue weighted by atomic mass is 9.92. The second kappa shape index (κ2) is 5.24. The van der Waals surface area contributed by atoms with E-state index in [-0.39, 0.29) is 11.8 Å². The Labute approximate surface area is 115 Å². The van der Waals surface area contributed by atoms with Crippen LogP contribution in [0.3, 0.4) is 0 Å². The zero-order valence-corrected chi connectivity index (χ0v) is 12.0. The molecule has 1 heterocycles. The van der Waals surface area contributed by atoms with E-state index in [4.69, 9.17) is 0 Å². The molecule has 4 heteroatoms. The van der Waals surface area contributed by atoms with Gasteiger partial charge in [-0.15, -0.1) is 0 Å². The van der Waals surface area contributed by atoms with Crippen molar-refractivity contribution >= 4 is 21.7 Å². The Morgan fingerprint density at radius 1 is 1.39 bits per heavy atom. The van der Waals surface area contributed by atoms with Gasteiger partial charge in [-0.25, -0.2) is 0 Å². The Bertz CT molecular complexity index is 498. The molecule has 0 amide bonds. The maximum absolute atomic E-state index is 11.8. The molecule has 1 aromatic carbocycles. The summed E-state index contributed by atoms with van der Waals surface area (Å²) in [6, 6.07) is 7.38. The van der Waals surface area contributed by atoms with Crippen molar-refractivity contribution in [2.75, 3.05) is 6.54 Å². The molecule has 0 saturated heterocycles. The lowest BCUT2D eigenvalue weighted by molar-refractivity contribution is -0.127. The van der Waals surface area contributed by atoms with Gasteiger partial charge in [0.25, 0.3) is 0 Å². The van der Waals surface area contributed by atoms with Gasteiger partial charge in [-0.2, -0.15) is 0 Å². The summed E-state index contributed by atoms with van der Waals surface area (Å²) in [6.45, 7) is 4.67. The van der Waals surface area contributed by atoms with Crippen LogP contribution in [0.15, 0.2) is 40.5 Å². The van der Waals surface area contributed by atoms with Gasteiger partial charge in [0, 0.05) is 22.8 Å². The third-order valence-electron chi connectivity index (χ3n) is 3.30. The molecule has 0 aromatic heterocycles. The Morgan fingerprint density at radius 2 is 2.06 bits per heavy atom. The average molecular weight is 310 g/mol. The molecule has 0 unspecified atom stereocenters. The number of carbonyl (C=O) groups excluding carboxylic acids is 1. The summed E-state index contributed by atoms with van der Waals surface area (Å²) < 4.78 is 0.912. The molecule has 2 rings (SSSR count). The molecule has 0 fully saturated rings. The van der Waals surface area contributed by atoms with Gasteiger partial charge in [0.15, 0.2) is 5.78 Å². The minimum Gasteiger partial charge on any atom is -0.382 e. The molecule has 1 N–H and O–H groups in total. The van der Waals surface area contributed by atoms with E-state index in [2.05, 4.69) is 15.9 Å². The first kappa shape index (κ1) is 13.3. The van der Waals surface area contributed by atoms with Gasteiger partial charge in [0.05, 0.1) is 6.04 Å². The zero-order valence-electron chi connectivity index (χ0n) is 10.4. The van der Waals surface area contributed by atoms with E-state index in [0.29, 0.717) is 0 Å². The zero-order chi connectivity index (χ0) is 13.3. The van der Waals surface area contributed by atoms with Crippen molar-refractivity contribution < 1.29 is 9.90 Å². The second-order valence-corrected chi connectivity index (χ2v) is 5.24. The predicted molar refractivity (Wildman–Crippen MR) is 74.0 cm³/mol. The Morgan fingerprint density at radius 3 is 2.67 bits per heavy atom. The molecular formula is C14H16BrNO2. The number of likely N-dealkylation sites (N-methyl/N-ethyl adjacent to an activating group) is 1. The molecule has 2 atom stereocenters. The standard InChI is InChI=1S/C14H16BrNO2/c1-3-16-9(2)8-12(17)14(18)13(16)10-6-4-5-7-11(10)15/h4-8,13-14,18H,3H2,1-2H3/t13-,14-/m1/s1. The number of allylic oxidation sites excluding steroid dienone is 1. The monoisotopic (exact) mass is 309 g/mol. The van der Waals surface area contributed by atoms with Crippen LogP contribution in [0.25, 0.3) is 0 Å². The number of rotatable bonds is 2. The van der Waals surface area contributed by atoms with Gasteiger partial charge in [0.1, 0.15) is 6.10 Å². The second-order valence-electron chi connectivity index (χ2n) is 4.39. The molecule has 1 aliphatic heterocycles. The molecule has 3 nitrogen and oxygen atoms in total. The Balaban J connectivity index is 2.50. The molecular weight excluding hydrogens is 294 g/mol. The number of hydrogen-bond acceptors (Lipinski definition) is 3. The lowest BCUT2D eigenvalue weighted by Crippen LogP contribution is -2.43. The van der Waals surface area contributed by atoms with Crippen LogP contribution in [-0.2, 0) is 4.79 Å². The van der Waals surface area contributed by atoms with E-state index in [1.807, 2.05) is 43.0 Å². The van der Waals surface area contributed by atoms with Gasteiger partial charge in [0.2, 0.25) is 0 Å². The molecule has 0 bridgehead atoms. The fourth-order valence-corrected chi connectivity index (χ4v) is 2.94. The predicted octanol–water partition coefficient (Wildman–Crippen LogP) is 2.66. The maximum atomic E-state index is 11.8. The van der Waals surface area contributed by atoms with Crippen molar-refractivity contribution in [2.24, 2.45) is 0 Å². The molecule has 0 aliphatic carbocycles. The number of halogens is 1. The molecule has 96 valence electrons. The topological polar surface area (TPSA) is 40.5 Å². The molecule has 0 radical (unpaired) electrons. The highest BCUT2D eigenvalue weighted by Crippen LogP contribution is 2.35. The smallest absolute Gasteiger partial charge is 0.188 e. The minimum atomic E-state index is -1.01. The van der Waals surface area contributed by atoms with Crippen LogP contribution in [0.1, 0.15) is 25.5 Å². The van der Waals surface area contributed by atoms with E-state index in [9.17, 15) is 9.90 Å². The Kier molecular flexibility index (Phi) is 3.88. The first-order valence-corrected chi connectivity index (χ1v) is 6.76. The van der Waals surface area contributed by atoms with Gasteiger partial charge in [-0.3, -0.25) is 4.79 Å². The van der Waals surface area contributed by atoms with Gasteiger partial charge in [-0.1, -0.05) is 34.1 Å². The van der Waals surface area contributed by atoms with Gasteiger partial charge in [-0.05, 0) is 25.5 Å². The largest absolute Gasteiger partial charge is 0.382 e. The van der Waals surface area contributed by atoms with Crippen LogP contribution < -0.4 is 0 Å². The van der Waals surface area contributed by atoms with Gasteiger partial charge >= 0.3 is 0 Å². The number of nitrogens with zero attached hydrogens (tertiary/aromatic N) is 1. The summed E-state index contributed by atoms with van der Waals surface area (Å²) in [6.07, 6.45) is 0.508. The highest BCUT2D eigenvalue weighted by Gasteiger charge is 2.36. The van der Waals surface area contributed by atoms with E-state index >= 15 is 0 Å². The average Bonchev–Trinajstić information content (AvgIpc) is 2.34. The summed E-state index contributed by atoms with van der Waals surface area (Å²) >= 11 is 3.49. The van der Waals surface area contributed by atoms with Crippen molar-refractivity contribution in [1.82, 2.24) is 4.90 Å². The van der Waals surface area contributed by atoms with Crippen molar-refractivity contribution in [3.63, 3.8) is 0 Å². The summed E-state index contributed by atoms with van der Waals surface area (Å²) in [5.41, 5.74) is 1.83. The molecule has 18 heavy (non-hydrogen) atoms. The van der Waals surface area contributed by atoms with Crippen LogP contribution >= 0.6 is 15.9 Å². The number of aliphatic hydroxyl groups is 1. The van der Waals surface area contributed by atoms with E-state index < -0.39 is 6.10 Å². The highest BCUT2D eigenvalue weighted by molar-refractivity contribution is 9.10. The van der Waals surface area contributed by atoms with Crippen molar-refractivity contribution in [3.8, 4) is 0 Å². The minimum absolute atomic E-state index is 0.224. The van der Waals surface area contributed by atoms with E-state index in [1.54, 1.807) is 0 Å². The SMILES string of the molecule is CCN1C(C)=CC(=O)[C@@H](O)[C@H]1c1ccccc1Br. The summed E-state index contributed by atoms with van der Waals surface area (Å²) in [5, 5.41) is 10.2. The Hall–Kier alpha value is -1.13. The van der Waals surface area contributed by atoms with Gasteiger partial charge < -0.3 is 10.0 Å². The van der Waals surface area contributed by atoms with Crippen molar-refractivity contribution in [2.45, 2.75) is 26.0 Å². The first-order chi connectivity index (χ1) is 8.56. The first-order valence-electron chi connectivity index (χ1n) is 5.97. The van der Waals surface area contributed by atoms with Crippen LogP contribution in [0, 0.1) is 0 Å². The van der Waals surface area contributed by atoms with Crippen LogP contribution in [0.2, 0.25) is 0 Å². The summed E-state index contributed by atoms with van der Waals surface area (Å²) in [4.78, 5) is 13.8. The van der Waals surface area contributed by atoms with Crippen LogP contribution in [0.5, 0.6) is 0 Å². The van der Waals surface area contributed by atoms with Crippen molar-refractivity contribution in [3.05, 3.63) is 46.1 Å². The van der Waals surface area contributed by atoms with Crippen molar-refractivity contribution in [1.29, 1.82) is 0 Å². The van der Waals surface area contributed by atoms with Crippen LogP contribution in [-0.4, -0.2) is 28.4 Å². The summed E-state index contributed by atoms with van der Waals surface area (Å²) in [5.74, 6) is -0.224. The maximum Gasteiger partial charge on any atom is 0.188 e. The lowest BCUT2D eigenvalue weighted by Gasteiger charge is -2.39. The fourth-order valence-electron chi connectivity index (χ4n) is 2.42. The normalized spacial score (nSPS) is 24.1. The fraction of sp³-hybridized carbons (Fsp3) is 0.357. The van der Waals surface area contributed by atoms with E-state index in [0.717, 1.165) is 22.3 Å². The van der Waals surface area contributed by atoms with E-state index in [1.165, 1.54) is 6.08 Å². The molecule has 0 spiro atoms. The molecule has 0 saturated carbocycles. The quantitative estimate of drug-likeness (QED) is 0.913. The number of carbonyl (C=O) groups is 1. The van der Waals surface area contributed by atoms with Crippen LogP contribution in [0.4, 0.5) is 0 Å². The third kappa shape index (κ3) is 2.22. The number of ketones is 1. The molecule has 1 aliphatic rings. The third-order valence-corrected chi connectivity index (χ3v) is 4.02. The number of aliphatic hydroxyl groups excluding tert-OH is 1. The summed E-state index contributed by atoms with van der Waals surface area (Å²) in [7, 11) is 0. The number of benzene rings is 1.